The van der Waals surface area contributed by atoms with Crippen LogP contribution in [0.4, 0.5) is 4.39 Å². The molecular formula is C23H23FN4O4. The lowest BCUT2D eigenvalue weighted by Gasteiger charge is -2.38. The predicted octanol–water partition coefficient (Wildman–Crippen LogP) is 3.41. The zero-order chi connectivity index (χ0) is 22.4. The molecule has 0 bridgehead atoms. The van der Waals surface area contributed by atoms with Gasteiger partial charge in [-0.1, -0.05) is 5.16 Å². The van der Waals surface area contributed by atoms with Crippen molar-refractivity contribution in [2.24, 2.45) is 13.0 Å². The van der Waals surface area contributed by atoms with Gasteiger partial charge in [0, 0.05) is 44.7 Å². The van der Waals surface area contributed by atoms with Crippen LogP contribution in [0.5, 0.6) is 5.75 Å². The van der Waals surface area contributed by atoms with Crippen LogP contribution in [0.3, 0.4) is 0 Å². The van der Waals surface area contributed by atoms with Gasteiger partial charge in [0.25, 0.3) is 5.91 Å². The molecule has 8 nitrogen and oxygen atoms in total. The number of aromatic nitrogens is 3. The summed E-state index contributed by atoms with van der Waals surface area (Å²) in [6.45, 7) is 2.93. The Morgan fingerprint density at radius 1 is 1.25 bits per heavy atom. The second-order valence-corrected chi connectivity index (χ2v) is 8.46. The SMILES string of the molecule is Cc1nn(C)cc1-c1cc(C(=O)N2CCCC(C3CC(=O)c4cc(F)ccc4O3)C2)no1. The van der Waals surface area contributed by atoms with Crippen molar-refractivity contribution in [1.82, 2.24) is 19.8 Å². The number of carbonyl (C=O) groups excluding carboxylic acids is 2. The maximum atomic E-state index is 13.5. The topological polar surface area (TPSA) is 90.5 Å². The van der Waals surface area contributed by atoms with Crippen molar-refractivity contribution < 1.29 is 23.2 Å². The van der Waals surface area contributed by atoms with Gasteiger partial charge in [0.2, 0.25) is 0 Å². The summed E-state index contributed by atoms with van der Waals surface area (Å²) in [6.07, 6.45) is 3.30. The first-order valence-electron chi connectivity index (χ1n) is 10.6. The monoisotopic (exact) mass is 438 g/mol. The van der Waals surface area contributed by atoms with Crippen molar-refractivity contribution in [3.63, 3.8) is 0 Å². The number of hydrogen-bond acceptors (Lipinski definition) is 6. The molecule has 2 atom stereocenters. The van der Waals surface area contributed by atoms with E-state index in [4.69, 9.17) is 9.26 Å². The fraction of sp³-hybridized carbons (Fsp3) is 0.391. The van der Waals surface area contributed by atoms with E-state index in [1.165, 1.54) is 18.2 Å². The molecule has 32 heavy (non-hydrogen) atoms. The normalized spacial score (nSPS) is 20.7. The molecule has 1 aromatic carbocycles. The molecule has 5 rings (SSSR count). The van der Waals surface area contributed by atoms with E-state index in [0.29, 0.717) is 24.6 Å². The zero-order valence-electron chi connectivity index (χ0n) is 17.9. The van der Waals surface area contributed by atoms with E-state index in [9.17, 15) is 14.0 Å². The number of Topliss-reactive ketones (excluding diaryl/α,β-unsaturated/α-hetero) is 1. The minimum absolute atomic E-state index is 0.00166. The second-order valence-electron chi connectivity index (χ2n) is 8.46. The van der Waals surface area contributed by atoms with E-state index < -0.39 is 5.82 Å². The van der Waals surface area contributed by atoms with E-state index >= 15 is 0 Å². The summed E-state index contributed by atoms with van der Waals surface area (Å²) in [5.74, 6) is 0.105. The molecule has 1 fully saturated rings. The fourth-order valence-electron chi connectivity index (χ4n) is 4.59. The molecule has 0 saturated carbocycles. The standard InChI is InChI=1S/C23H23FN4O4/c1-13-17(12-27(2)25-13)22-9-18(26-32-22)23(30)28-7-3-4-14(11-28)21-10-19(29)16-8-15(24)5-6-20(16)31-21/h5-6,8-9,12,14,21H,3-4,7,10-11H2,1-2H3. The van der Waals surface area contributed by atoms with E-state index in [0.717, 1.165) is 24.1 Å². The third-order valence-electron chi connectivity index (χ3n) is 6.19. The van der Waals surface area contributed by atoms with Gasteiger partial charge in [-0.05, 0) is 38.0 Å². The van der Waals surface area contributed by atoms with Gasteiger partial charge >= 0.3 is 0 Å². The maximum absolute atomic E-state index is 13.5. The van der Waals surface area contributed by atoms with Crippen LogP contribution in [-0.2, 0) is 7.05 Å². The Kier molecular flexibility index (Phi) is 5.03. The molecule has 0 spiro atoms. The number of rotatable bonds is 3. The highest BCUT2D eigenvalue weighted by Gasteiger charge is 2.36. The number of benzene rings is 1. The second kappa shape index (κ2) is 7.89. The number of hydrogen-bond donors (Lipinski definition) is 0. The first-order chi connectivity index (χ1) is 15.4. The van der Waals surface area contributed by atoms with Gasteiger partial charge in [0.15, 0.2) is 17.2 Å². The van der Waals surface area contributed by atoms with Crippen molar-refractivity contribution >= 4 is 11.7 Å². The number of amides is 1. The zero-order valence-corrected chi connectivity index (χ0v) is 17.9. The molecule has 4 heterocycles. The Hall–Kier alpha value is -3.49. The number of fused-ring (bicyclic) bond motifs is 1. The number of halogens is 1. The Bertz CT molecular complexity index is 1200. The van der Waals surface area contributed by atoms with Gasteiger partial charge in [-0.2, -0.15) is 5.10 Å². The van der Waals surface area contributed by atoms with E-state index in [-0.39, 0.29) is 41.4 Å². The molecule has 2 aliphatic rings. The molecule has 2 unspecified atom stereocenters. The fourth-order valence-corrected chi connectivity index (χ4v) is 4.59. The molecule has 0 radical (unpaired) electrons. The molecule has 166 valence electrons. The summed E-state index contributed by atoms with van der Waals surface area (Å²) in [7, 11) is 1.82. The lowest BCUT2D eigenvalue weighted by molar-refractivity contribution is 0.0403. The molecule has 3 aromatic rings. The van der Waals surface area contributed by atoms with E-state index in [1.807, 2.05) is 20.2 Å². The average Bonchev–Trinajstić information content (AvgIpc) is 3.39. The minimum Gasteiger partial charge on any atom is -0.489 e. The van der Waals surface area contributed by atoms with E-state index in [2.05, 4.69) is 10.3 Å². The number of ketones is 1. The highest BCUT2D eigenvalue weighted by atomic mass is 19.1. The van der Waals surface area contributed by atoms with Crippen molar-refractivity contribution in [3.8, 4) is 17.1 Å². The molecule has 2 aliphatic heterocycles. The lowest BCUT2D eigenvalue weighted by atomic mass is 9.86. The molecule has 0 aliphatic carbocycles. The number of likely N-dealkylation sites (tertiary alicyclic amines) is 1. The van der Waals surface area contributed by atoms with Crippen molar-refractivity contribution in [1.29, 1.82) is 0 Å². The Balaban J connectivity index is 1.30. The van der Waals surface area contributed by atoms with Gasteiger partial charge in [-0.3, -0.25) is 14.3 Å². The van der Waals surface area contributed by atoms with Crippen LogP contribution in [0, 0.1) is 18.7 Å². The number of carbonyl (C=O) groups is 2. The smallest absolute Gasteiger partial charge is 0.276 e. The van der Waals surface area contributed by atoms with Crippen LogP contribution in [0.1, 0.15) is 45.8 Å². The third kappa shape index (κ3) is 3.68. The summed E-state index contributed by atoms with van der Waals surface area (Å²) >= 11 is 0. The van der Waals surface area contributed by atoms with Gasteiger partial charge in [-0.15, -0.1) is 0 Å². The summed E-state index contributed by atoms with van der Waals surface area (Å²) in [5.41, 5.74) is 2.11. The first-order valence-corrected chi connectivity index (χ1v) is 10.6. The van der Waals surface area contributed by atoms with Gasteiger partial charge in [0.1, 0.15) is 17.7 Å². The maximum Gasteiger partial charge on any atom is 0.276 e. The summed E-state index contributed by atoms with van der Waals surface area (Å²) in [5, 5.41) is 8.27. The Morgan fingerprint density at radius 3 is 2.88 bits per heavy atom. The molecule has 9 heteroatoms. The molecule has 1 saturated heterocycles. The largest absolute Gasteiger partial charge is 0.489 e. The third-order valence-corrected chi connectivity index (χ3v) is 6.19. The Morgan fingerprint density at radius 2 is 2.09 bits per heavy atom. The number of nitrogens with zero attached hydrogens (tertiary/aromatic N) is 4. The molecule has 0 N–H and O–H groups in total. The van der Waals surface area contributed by atoms with Crippen molar-refractivity contribution in [2.75, 3.05) is 13.1 Å². The molecule has 1 amide bonds. The van der Waals surface area contributed by atoms with Gasteiger partial charge in [0.05, 0.1) is 16.8 Å². The van der Waals surface area contributed by atoms with Crippen LogP contribution in [-0.4, -0.2) is 50.7 Å². The number of aryl methyl sites for hydroxylation is 2. The van der Waals surface area contributed by atoms with Crippen LogP contribution < -0.4 is 4.74 Å². The van der Waals surface area contributed by atoms with Crippen LogP contribution in [0.2, 0.25) is 0 Å². The van der Waals surface area contributed by atoms with Crippen LogP contribution >= 0.6 is 0 Å². The molecular weight excluding hydrogens is 415 g/mol. The van der Waals surface area contributed by atoms with Crippen molar-refractivity contribution in [2.45, 2.75) is 32.3 Å². The van der Waals surface area contributed by atoms with Crippen LogP contribution in [0.15, 0.2) is 35.0 Å². The van der Waals surface area contributed by atoms with Crippen LogP contribution in [0.25, 0.3) is 11.3 Å². The summed E-state index contributed by atoms with van der Waals surface area (Å²) < 4.78 is 26.6. The Labute approximate surface area is 183 Å². The number of piperidine rings is 1. The van der Waals surface area contributed by atoms with E-state index in [1.54, 1.807) is 15.6 Å². The first kappa shape index (κ1) is 20.4. The average molecular weight is 438 g/mol. The molecule has 2 aromatic heterocycles. The van der Waals surface area contributed by atoms with Gasteiger partial charge in [-0.25, -0.2) is 4.39 Å². The predicted molar refractivity (Wildman–Crippen MR) is 112 cm³/mol. The van der Waals surface area contributed by atoms with Gasteiger partial charge < -0.3 is 14.2 Å². The highest BCUT2D eigenvalue weighted by Crippen LogP contribution is 2.34. The summed E-state index contributed by atoms with van der Waals surface area (Å²) in [6, 6.07) is 5.65. The minimum atomic E-state index is -0.456. The quantitative estimate of drug-likeness (QED) is 0.623. The number of ether oxygens (including phenoxy) is 1. The highest BCUT2D eigenvalue weighted by molar-refractivity contribution is 6.00. The summed E-state index contributed by atoms with van der Waals surface area (Å²) in [4.78, 5) is 27.4. The van der Waals surface area contributed by atoms with Crippen molar-refractivity contribution in [3.05, 3.63) is 53.2 Å². The lowest BCUT2D eigenvalue weighted by Crippen LogP contribution is -2.46.